The summed E-state index contributed by atoms with van der Waals surface area (Å²) in [4.78, 5) is 61.6. The molecule has 0 radical (unpaired) electrons. The largest absolute Gasteiger partial charge is 0.573 e. The van der Waals surface area contributed by atoms with Gasteiger partial charge in [0, 0.05) is 61.5 Å². The summed E-state index contributed by atoms with van der Waals surface area (Å²) >= 11 is 0. The average Bonchev–Trinajstić information content (AvgIpc) is 3.76. The fraction of sp³-hybridized carbons (Fsp3) is 0.585. The zero-order valence-electron chi connectivity index (χ0n) is 34.6. The molecule has 3 aliphatic rings. The number of methoxy groups -OCH3 is 1. The summed E-state index contributed by atoms with van der Waals surface area (Å²) in [5, 5.41) is 11.2. The predicted octanol–water partition coefficient (Wildman–Crippen LogP) is 6.75. The number of anilines is 1. The van der Waals surface area contributed by atoms with Gasteiger partial charge in [-0.15, -0.1) is 13.2 Å². The van der Waals surface area contributed by atoms with Gasteiger partial charge in [0.1, 0.15) is 23.3 Å². The zero-order chi connectivity index (χ0) is 43.2. The molecule has 5 rings (SSSR count). The first-order valence-corrected chi connectivity index (χ1v) is 20.0. The molecule has 5 N–H and O–H groups in total. The van der Waals surface area contributed by atoms with Gasteiger partial charge in [0.05, 0.1) is 13.2 Å². The highest BCUT2D eigenvalue weighted by atomic mass is 19.4. The number of benzene rings is 1. The van der Waals surface area contributed by atoms with Gasteiger partial charge >= 0.3 is 18.5 Å². The smallest absolute Gasteiger partial charge is 0.453 e. The highest BCUT2D eigenvalue weighted by Gasteiger charge is 2.41. The van der Waals surface area contributed by atoms with E-state index < -0.39 is 47.7 Å². The second-order valence-electron chi connectivity index (χ2n) is 16.8. The standard InChI is InChI=1S/C41H56F4N8O6/c1-23(2)32(50-39(57)58-7)36(54)53-22-24(3)20-30(53)35-49-33(34(42)51-35)26-10-8-25(9-11-26)29-13-12-28(21-31(29)59-41(43,44)45)48-38(56)47-17-16-46-27-14-18-52(19-15-27)37(55)40(4,5)6/h8,10,12-13,21,23-24,27,30,32,46H,9,11,14-20,22H2,1-7H3,(H,49,51)(H,50,57)(H2,47,48,56). The second-order valence-corrected chi connectivity index (χ2v) is 16.8. The maximum Gasteiger partial charge on any atom is 0.573 e. The number of carbonyl (C=O) groups is 4. The molecule has 18 heteroatoms. The average molecular weight is 833 g/mol. The lowest BCUT2D eigenvalue weighted by Crippen LogP contribution is -2.51. The third-order valence-corrected chi connectivity index (χ3v) is 10.7. The van der Waals surface area contributed by atoms with Gasteiger partial charge in [-0.05, 0) is 67.2 Å². The molecule has 1 aliphatic carbocycles. The first-order chi connectivity index (χ1) is 27.7. The van der Waals surface area contributed by atoms with E-state index in [0.29, 0.717) is 43.7 Å². The number of alkyl carbamates (subject to hydrolysis) is 1. The maximum atomic E-state index is 15.5. The SMILES string of the molecule is COC(=O)NC(C(=O)N1CC(C)CC1c1nc(C2=CC=C(c3ccc(NC(=O)NCCNC4CCN(C(=O)C(C)(C)C)CC4)cc3OC(F)(F)F)CC2)c(F)[nH]1)C(C)C. The van der Waals surface area contributed by atoms with Crippen molar-refractivity contribution < 1.29 is 46.2 Å². The van der Waals surface area contributed by atoms with Crippen LogP contribution >= 0.6 is 0 Å². The highest BCUT2D eigenvalue weighted by Crippen LogP contribution is 2.40. The molecule has 2 aliphatic heterocycles. The minimum absolute atomic E-state index is 0.0424. The monoisotopic (exact) mass is 832 g/mol. The van der Waals surface area contributed by atoms with Crippen molar-refractivity contribution in [3.05, 3.63) is 53.4 Å². The molecule has 324 valence electrons. The van der Waals surface area contributed by atoms with Crippen LogP contribution in [0.1, 0.15) is 96.8 Å². The molecule has 14 nitrogen and oxygen atoms in total. The number of ether oxygens (including phenoxy) is 2. The lowest BCUT2D eigenvalue weighted by Gasteiger charge is -2.36. The van der Waals surface area contributed by atoms with Crippen LogP contribution in [0.4, 0.5) is 32.8 Å². The first-order valence-electron chi connectivity index (χ1n) is 20.0. The number of H-pyrrole nitrogens is 1. The van der Waals surface area contributed by atoms with Crippen molar-refractivity contribution in [2.75, 3.05) is 45.2 Å². The summed E-state index contributed by atoms with van der Waals surface area (Å²) in [6, 6.07) is 2.15. The maximum absolute atomic E-state index is 15.5. The molecule has 1 aromatic heterocycles. The third-order valence-electron chi connectivity index (χ3n) is 10.7. The van der Waals surface area contributed by atoms with Crippen LogP contribution in [0.25, 0.3) is 11.1 Å². The minimum atomic E-state index is -5.01. The van der Waals surface area contributed by atoms with Crippen LogP contribution in [-0.2, 0) is 14.3 Å². The van der Waals surface area contributed by atoms with Gasteiger partial charge in [-0.3, -0.25) is 9.59 Å². The van der Waals surface area contributed by atoms with Gasteiger partial charge in [0.25, 0.3) is 0 Å². The number of piperidine rings is 1. The first kappa shape index (κ1) is 45.0. The summed E-state index contributed by atoms with van der Waals surface area (Å²) < 4.78 is 65.4. The van der Waals surface area contributed by atoms with E-state index in [-0.39, 0.29) is 71.8 Å². The van der Waals surface area contributed by atoms with Gasteiger partial charge < -0.3 is 45.5 Å². The molecule has 0 spiro atoms. The van der Waals surface area contributed by atoms with Gasteiger partial charge in [0.2, 0.25) is 17.8 Å². The van der Waals surface area contributed by atoms with Crippen molar-refractivity contribution in [1.29, 1.82) is 0 Å². The molecule has 2 fully saturated rings. The molecule has 2 saturated heterocycles. The van der Waals surface area contributed by atoms with Crippen LogP contribution in [0.2, 0.25) is 0 Å². The summed E-state index contributed by atoms with van der Waals surface area (Å²) in [5.74, 6) is -1.36. The molecule has 2 aromatic rings. The number of alkyl halides is 3. The second kappa shape index (κ2) is 18.8. The summed E-state index contributed by atoms with van der Waals surface area (Å²) in [7, 11) is 1.21. The number of carbonyl (C=O) groups excluding carboxylic acids is 4. The summed E-state index contributed by atoms with van der Waals surface area (Å²) in [5.41, 5.74) is 0.856. The van der Waals surface area contributed by atoms with E-state index >= 15 is 4.39 Å². The van der Waals surface area contributed by atoms with Crippen molar-refractivity contribution >= 4 is 40.8 Å². The van der Waals surface area contributed by atoms with E-state index in [1.165, 1.54) is 19.2 Å². The quantitative estimate of drug-likeness (QED) is 0.116. The van der Waals surface area contributed by atoms with Crippen LogP contribution in [0, 0.1) is 23.2 Å². The highest BCUT2D eigenvalue weighted by molar-refractivity contribution is 5.90. The Labute approximate surface area is 341 Å². The number of imidazole rings is 1. The molecule has 59 heavy (non-hydrogen) atoms. The molecule has 0 bridgehead atoms. The van der Waals surface area contributed by atoms with Crippen molar-refractivity contribution in [1.82, 2.24) is 35.7 Å². The summed E-state index contributed by atoms with van der Waals surface area (Å²) in [6.07, 6.45) is -0.0101. The Morgan fingerprint density at radius 2 is 1.69 bits per heavy atom. The van der Waals surface area contributed by atoms with Crippen LogP contribution in [0.5, 0.6) is 5.75 Å². The Morgan fingerprint density at radius 1 is 1.02 bits per heavy atom. The van der Waals surface area contributed by atoms with Crippen molar-refractivity contribution in [2.24, 2.45) is 17.3 Å². The van der Waals surface area contributed by atoms with Crippen LogP contribution in [0.3, 0.4) is 0 Å². The topological polar surface area (TPSA) is 170 Å². The molecule has 3 atom stereocenters. The number of urea groups is 1. The number of hydrogen-bond donors (Lipinski definition) is 5. The normalized spacial score (nSPS) is 19.5. The Bertz CT molecular complexity index is 1910. The van der Waals surface area contributed by atoms with Crippen molar-refractivity contribution in [3.63, 3.8) is 0 Å². The van der Waals surface area contributed by atoms with Gasteiger partial charge in [-0.2, -0.15) is 4.39 Å². The lowest BCUT2D eigenvalue weighted by molar-refractivity contribution is -0.274. The zero-order valence-corrected chi connectivity index (χ0v) is 34.6. The van der Waals surface area contributed by atoms with Gasteiger partial charge in [-0.1, -0.05) is 53.7 Å². The summed E-state index contributed by atoms with van der Waals surface area (Å²) in [6.45, 7) is 13.7. The van der Waals surface area contributed by atoms with Gasteiger partial charge in [0.15, 0.2) is 0 Å². The fourth-order valence-electron chi connectivity index (χ4n) is 7.69. The lowest BCUT2D eigenvalue weighted by atomic mass is 9.91. The van der Waals surface area contributed by atoms with E-state index in [9.17, 15) is 32.3 Å². The number of likely N-dealkylation sites (tertiary alicyclic amines) is 2. The molecular weight excluding hydrogens is 776 g/mol. The Morgan fingerprint density at radius 3 is 2.31 bits per heavy atom. The molecule has 3 heterocycles. The van der Waals surface area contributed by atoms with Crippen molar-refractivity contribution in [3.8, 4) is 5.75 Å². The number of hydrogen-bond acceptors (Lipinski definition) is 8. The Balaban J connectivity index is 1.22. The Kier molecular flexibility index (Phi) is 14.4. The Hall–Kier alpha value is -5.13. The minimum Gasteiger partial charge on any atom is -0.453 e. The van der Waals surface area contributed by atoms with E-state index in [4.69, 9.17) is 4.74 Å². The van der Waals surface area contributed by atoms with Gasteiger partial charge in [-0.25, -0.2) is 14.6 Å². The number of amides is 5. The fourth-order valence-corrected chi connectivity index (χ4v) is 7.69. The molecular formula is C41H56F4N8O6. The predicted molar refractivity (Wildman–Crippen MR) is 213 cm³/mol. The number of nitrogens with one attached hydrogen (secondary N) is 5. The number of halogens is 4. The van der Waals surface area contributed by atoms with Crippen LogP contribution < -0.4 is 26.0 Å². The molecule has 3 unspecified atom stereocenters. The van der Waals surface area contributed by atoms with Crippen LogP contribution in [-0.4, -0.2) is 102 Å². The molecule has 5 amide bonds. The number of nitrogens with zero attached hydrogens (tertiary/aromatic N) is 3. The molecule has 1 aromatic carbocycles. The van der Waals surface area contributed by atoms with Crippen LogP contribution in [0.15, 0.2) is 30.4 Å². The van der Waals surface area contributed by atoms with E-state index in [1.54, 1.807) is 30.9 Å². The van der Waals surface area contributed by atoms with E-state index in [0.717, 1.165) is 18.9 Å². The third kappa shape index (κ3) is 11.8. The molecule has 0 saturated carbocycles. The number of allylic oxidation sites excluding steroid dienone is 4. The van der Waals surface area contributed by atoms with Crippen molar-refractivity contribution in [2.45, 2.75) is 98.1 Å². The van der Waals surface area contributed by atoms with E-state index in [2.05, 4.69) is 36.0 Å². The number of aromatic nitrogens is 2. The number of aromatic amines is 1. The van der Waals surface area contributed by atoms with E-state index in [1.807, 2.05) is 32.6 Å². The number of rotatable bonds is 12.